The zero-order valence-corrected chi connectivity index (χ0v) is 18.2. The zero-order chi connectivity index (χ0) is 21.5. The van der Waals surface area contributed by atoms with Crippen molar-refractivity contribution in [1.82, 2.24) is 4.98 Å². The molecule has 0 radical (unpaired) electrons. The molecule has 0 aliphatic carbocycles. The van der Waals surface area contributed by atoms with E-state index in [2.05, 4.69) is 15.2 Å². The second kappa shape index (κ2) is 10.2. The minimum Gasteiger partial charge on any atom is -0.487 e. The Hall–Kier alpha value is -3.16. The number of aromatic nitrogens is 1. The van der Waals surface area contributed by atoms with Crippen LogP contribution >= 0.6 is 11.3 Å². The number of benzene rings is 2. The van der Waals surface area contributed by atoms with Gasteiger partial charge in [0.05, 0.1) is 35.3 Å². The number of nitrogens with zero attached hydrogens (tertiary/aromatic N) is 2. The summed E-state index contributed by atoms with van der Waals surface area (Å²) in [5.74, 6) is 0.603. The first-order chi connectivity index (χ1) is 15.2. The fourth-order valence-corrected chi connectivity index (χ4v) is 3.91. The summed E-state index contributed by atoms with van der Waals surface area (Å²) in [6.45, 7) is 5.46. The molecule has 2 heterocycles. The molecule has 3 aromatic rings. The number of para-hydroxylation sites is 2. The van der Waals surface area contributed by atoms with E-state index >= 15 is 0 Å². The van der Waals surface area contributed by atoms with Crippen molar-refractivity contribution in [1.29, 1.82) is 0 Å². The van der Waals surface area contributed by atoms with E-state index in [4.69, 9.17) is 9.47 Å². The number of hydrogen-bond acceptors (Lipinski definition) is 6. The van der Waals surface area contributed by atoms with Crippen molar-refractivity contribution in [2.75, 3.05) is 36.5 Å². The molecule has 0 bridgehead atoms. The number of hydrogen-bond donors (Lipinski definition) is 1. The van der Waals surface area contributed by atoms with Crippen LogP contribution in [0.2, 0.25) is 0 Å². The predicted molar refractivity (Wildman–Crippen MR) is 125 cm³/mol. The van der Waals surface area contributed by atoms with Gasteiger partial charge in [-0.1, -0.05) is 24.3 Å². The minimum atomic E-state index is -0.167. The van der Waals surface area contributed by atoms with E-state index in [9.17, 15) is 4.79 Å². The summed E-state index contributed by atoms with van der Waals surface area (Å²) in [5, 5.41) is 6.03. The van der Waals surface area contributed by atoms with Gasteiger partial charge in [0, 0.05) is 24.5 Å². The highest BCUT2D eigenvalue weighted by atomic mass is 32.1. The monoisotopic (exact) mass is 435 g/mol. The van der Waals surface area contributed by atoms with Crippen LogP contribution in [0.25, 0.3) is 6.08 Å². The number of thiazole rings is 1. The van der Waals surface area contributed by atoms with Gasteiger partial charge in [0.1, 0.15) is 12.4 Å². The van der Waals surface area contributed by atoms with Crippen LogP contribution in [0.1, 0.15) is 16.3 Å². The molecule has 160 valence electrons. The van der Waals surface area contributed by atoms with Crippen molar-refractivity contribution < 1.29 is 14.3 Å². The lowest BCUT2D eigenvalue weighted by Gasteiger charge is -2.30. The number of aryl methyl sites for hydroxylation is 1. The molecule has 0 saturated carbocycles. The molecule has 0 atom stereocenters. The van der Waals surface area contributed by atoms with Crippen molar-refractivity contribution >= 4 is 34.7 Å². The third-order valence-electron chi connectivity index (χ3n) is 4.87. The number of amides is 1. The van der Waals surface area contributed by atoms with E-state index in [1.807, 2.05) is 60.8 Å². The Morgan fingerprint density at radius 2 is 1.97 bits per heavy atom. The Kier molecular flexibility index (Phi) is 6.96. The highest BCUT2D eigenvalue weighted by molar-refractivity contribution is 7.09. The molecular weight excluding hydrogens is 410 g/mol. The van der Waals surface area contributed by atoms with E-state index in [-0.39, 0.29) is 5.91 Å². The number of carbonyl (C=O) groups is 1. The summed E-state index contributed by atoms with van der Waals surface area (Å²) in [5.41, 5.74) is 3.68. The molecule has 1 aromatic heterocycles. The molecule has 1 N–H and O–H groups in total. The van der Waals surface area contributed by atoms with Gasteiger partial charge in [-0.15, -0.1) is 11.3 Å². The van der Waals surface area contributed by atoms with Crippen LogP contribution in [0.15, 0.2) is 60.0 Å². The second-order valence-corrected chi connectivity index (χ2v) is 8.22. The van der Waals surface area contributed by atoms with Crippen molar-refractivity contribution in [3.8, 4) is 5.75 Å². The molecular formula is C24H25N3O3S. The Morgan fingerprint density at radius 1 is 1.19 bits per heavy atom. The average molecular weight is 436 g/mol. The van der Waals surface area contributed by atoms with Crippen molar-refractivity contribution in [3.63, 3.8) is 0 Å². The molecule has 7 heteroatoms. The van der Waals surface area contributed by atoms with Gasteiger partial charge in [0.2, 0.25) is 5.91 Å². The molecule has 1 amide bonds. The van der Waals surface area contributed by atoms with Gasteiger partial charge in [-0.3, -0.25) is 4.79 Å². The summed E-state index contributed by atoms with van der Waals surface area (Å²) in [6, 6.07) is 15.5. The molecule has 31 heavy (non-hydrogen) atoms. The van der Waals surface area contributed by atoms with Crippen LogP contribution in [-0.2, 0) is 16.1 Å². The number of ether oxygens (including phenoxy) is 2. The number of carbonyl (C=O) groups excluding carboxylic acids is 1. The standard InChI is InChI=1S/C24H25N3O3S/c1-18-25-20(17-31-18)16-30-21-9-6-19(7-10-21)8-11-24(28)26-22-4-2-3-5-23(22)27-12-14-29-15-13-27/h2-11,17H,12-16H2,1H3,(H,26,28)/b11-8+. The quantitative estimate of drug-likeness (QED) is 0.553. The lowest BCUT2D eigenvalue weighted by atomic mass is 10.2. The first-order valence-electron chi connectivity index (χ1n) is 10.2. The summed E-state index contributed by atoms with van der Waals surface area (Å²) in [4.78, 5) is 19.1. The smallest absolute Gasteiger partial charge is 0.248 e. The lowest BCUT2D eigenvalue weighted by Crippen LogP contribution is -2.36. The normalized spacial score (nSPS) is 14.0. The Bertz CT molecular complexity index is 1040. The van der Waals surface area contributed by atoms with Crippen molar-refractivity contribution in [3.05, 3.63) is 76.3 Å². The fraction of sp³-hybridized carbons (Fsp3) is 0.250. The van der Waals surface area contributed by atoms with E-state index in [1.54, 1.807) is 23.5 Å². The first-order valence-corrected chi connectivity index (χ1v) is 11.1. The van der Waals surface area contributed by atoms with E-state index in [1.165, 1.54) is 0 Å². The largest absolute Gasteiger partial charge is 0.487 e. The number of nitrogens with one attached hydrogen (secondary N) is 1. The lowest BCUT2D eigenvalue weighted by molar-refractivity contribution is -0.111. The average Bonchev–Trinajstić information content (AvgIpc) is 3.23. The maximum Gasteiger partial charge on any atom is 0.248 e. The van der Waals surface area contributed by atoms with Crippen molar-refractivity contribution in [2.45, 2.75) is 13.5 Å². The first kappa shape index (κ1) is 21.1. The number of morpholine rings is 1. The topological polar surface area (TPSA) is 63.7 Å². The molecule has 1 aliphatic rings. The van der Waals surface area contributed by atoms with Gasteiger partial charge in [-0.2, -0.15) is 0 Å². The third kappa shape index (κ3) is 5.93. The molecule has 4 rings (SSSR count). The van der Waals surface area contributed by atoms with Crippen LogP contribution in [0.4, 0.5) is 11.4 Å². The molecule has 6 nitrogen and oxygen atoms in total. The van der Waals surface area contributed by atoms with Crippen molar-refractivity contribution in [2.24, 2.45) is 0 Å². The zero-order valence-electron chi connectivity index (χ0n) is 17.4. The molecule has 0 unspecified atom stereocenters. The second-order valence-electron chi connectivity index (χ2n) is 7.15. The molecule has 2 aromatic carbocycles. The van der Waals surface area contributed by atoms with Gasteiger partial charge < -0.3 is 19.7 Å². The van der Waals surface area contributed by atoms with Crippen LogP contribution in [0, 0.1) is 6.92 Å². The number of rotatable bonds is 7. The molecule has 1 saturated heterocycles. The highest BCUT2D eigenvalue weighted by Gasteiger charge is 2.15. The van der Waals surface area contributed by atoms with E-state index in [0.717, 1.165) is 46.5 Å². The van der Waals surface area contributed by atoms with Gasteiger partial charge in [-0.05, 0) is 42.8 Å². The van der Waals surface area contributed by atoms with Crippen LogP contribution in [0.3, 0.4) is 0 Å². The summed E-state index contributed by atoms with van der Waals surface area (Å²) in [6.07, 6.45) is 3.34. The minimum absolute atomic E-state index is 0.167. The molecule has 1 fully saturated rings. The van der Waals surface area contributed by atoms with E-state index < -0.39 is 0 Å². The summed E-state index contributed by atoms with van der Waals surface area (Å²) in [7, 11) is 0. The summed E-state index contributed by atoms with van der Waals surface area (Å²) < 4.78 is 11.2. The predicted octanol–water partition coefficient (Wildman–Crippen LogP) is 4.52. The van der Waals surface area contributed by atoms with Gasteiger partial charge in [-0.25, -0.2) is 4.98 Å². The van der Waals surface area contributed by atoms with Crippen LogP contribution in [-0.4, -0.2) is 37.2 Å². The Morgan fingerprint density at radius 3 is 2.71 bits per heavy atom. The van der Waals surface area contributed by atoms with Crippen LogP contribution < -0.4 is 15.0 Å². The maximum absolute atomic E-state index is 12.5. The SMILES string of the molecule is Cc1nc(COc2ccc(/C=C/C(=O)Nc3ccccc3N3CCOCC3)cc2)cs1. The van der Waals surface area contributed by atoms with E-state index in [0.29, 0.717) is 19.8 Å². The Balaban J connectivity index is 1.33. The van der Waals surface area contributed by atoms with Gasteiger partial charge in [0.15, 0.2) is 0 Å². The molecule has 1 aliphatic heterocycles. The fourth-order valence-electron chi connectivity index (χ4n) is 3.31. The van der Waals surface area contributed by atoms with Gasteiger partial charge in [0.25, 0.3) is 0 Å². The maximum atomic E-state index is 12.5. The van der Waals surface area contributed by atoms with Gasteiger partial charge >= 0.3 is 0 Å². The summed E-state index contributed by atoms with van der Waals surface area (Å²) >= 11 is 1.61. The number of anilines is 2. The highest BCUT2D eigenvalue weighted by Crippen LogP contribution is 2.26. The third-order valence-corrected chi connectivity index (χ3v) is 5.70. The Labute approximate surface area is 186 Å². The molecule has 0 spiro atoms. The van der Waals surface area contributed by atoms with Crippen LogP contribution in [0.5, 0.6) is 5.75 Å².